The molecule has 0 aromatic heterocycles. The van der Waals surface area contributed by atoms with Crippen molar-refractivity contribution in [2.45, 2.75) is 71.5 Å². The third kappa shape index (κ3) is 11.6. The van der Waals surface area contributed by atoms with Crippen molar-refractivity contribution in [1.29, 1.82) is 0 Å². The van der Waals surface area contributed by atoms with Crippen LogP contribution in [0.2, 0.25) is 0 Å². The maximum atomic E-state index is 12.4. The Morgan fingerprint density at radius 2 is 1.52 bits per heavy atom. The summed E-state index contributed by atoms with van der Waals surface area (Å²) in [4.78, 5) is 35.9. The normalized spacial score (nSPS) is 18.2. The van der Waals surface area contributed by atoms with Crippen molar-refractivity contribution < 1.29 is 23.9 Å². The van der Waals surface area contributed by atoms with Crippen LogP contribution in [0, 0.1) is 11.8 Å². The maximum Gasteiger partial charge on any atom is 0.407 e. The molecule has 0 heterocycles. The Balaban J connectivity index is 1.47. The first-order chi connectivity index (χ1) is 15.7. The quantitative estimate of drug-likeness (QED) is 0.454. The van der Waals surface area contributed by atoms with Crippen LogP contribution in [-0.4, -0.2) is 43.3 Å². The molecule has 0 unspecified atom stereocenters. The highest BCUT2D eigenvalue weighted by molar-refractivity contribution is 5.78. The van der Waals surface area contributed by atoms with Gasteiger partial charge in [-0.3, -0.25) is 4.79 Å². The minimum atomic E-state index is -0.498. The van der Waals surface area contributed by atoms with Crippen LogP contribution in [0.25, 0.3) is 0 Å². The minimum Gasteiger partial charge on any atom is -0.445 e. The molecule has 1 aliphatic carbocycles. The van der Waals surface area contributed by atoms with Gasteiger partial charge in [0.2, 0.25) is 5.91 Å². The lowest BCUT2D eigenvalue weighted by Gasteiger charge is -2.28. The largest absolute Gasteiger partial charge is 0.445 e. The highest BCUT2D eigenvalue weighted by Crippen LogP contribution is 2.28. The highest BCUT2D eigenvalue weighted by atomic mass is 16.6. The van der Waals surface area contributed by atoms with E-state index in [1.165, 1.54) is 0 Å². The molecule has 0 spiro atoms. The second kappa shape index (κ2) is 13.7. The first-order valence-electron chi connectivity index (χ1n) is 11.9. The van der Waals surface area contributed by atoms with E-state index in [2.05, 4.69) is 16.0 Å². The summed E-state index contributed by atoms with van der Waals surface area (Å²) in [5, 5.41) is 8.56. The lowest BCUT2D eigenvalue weighted by atomic mass is 9.81. The molecule has 0 atom stereocenters. The summed E-state index contributed by atoms with van der Waals surface area (Å²) >= 11 is 0. The predicted molar refractivity (Wildman–Crippen MR) is 127 cm³/mol. The summed E-state index contributed by atoms with van der Waals surface area (Å²) < 4.78 is 10.4. The van der Waals surface area contributed by atoms with Gasteiger partial charge in [-0.15, -0.1) is 0 Å². The zero-order valence-electron chi connectivity index (χ0n) is 20.2. The summed E-state index contributed by atoms with van der Waals surface area (Å²) in [5.41, 5.74) is 0.449. The van der Waals surface area contributed by atoms with Gasteiger partial charge in [-0.05, 0) is 70.8 Å². The number of nitrogens with one attached hydrogen (secondary N) is 3. The average Bonchev–Trinajstić information content (AvgIpc) is 2.78. The highest BCUT2D eigenvalue weighted by Gasteiger charge is 2.26. The van der Waals surface area contributed by atoms with E-state index >= 15 is 0 Å². The molecule has 0 aliphatic heterocycles. The summed E-state index contributed by atoms with van der Waals surface area (Å²) in [6.45, 7) is 7.47. The van der Waals surface area contributed by atoms with Crippen molar-refractivity contribution in [2.24, 2.45) is 11.8 Å². The Hall–Kier alpha value is -2.77. The van der Waals surface area contributed by atoms with Gasteiger partial charge in [0.05, 0.1) is 0 Å². The number of benzene rings is 1. The Kier molecular flexibility index (Phi) is 11.0. The van der Waals surface area contributed by atoms with E-state index in [4.69, 9.17) is 9.47 Å². The number of rotatable bonds is 10. The molecule has 1 aromatic rings. The number of amides is 3. The fourth-order valence-electron chi connectivity index (χ4n) is 3.74. The van der Waals surface area contributed by atoms with Gasteiger partial charge in [0, 0.05) is 25.6 Å². The van der Waals surface area contributed by atoms with E-state index in [-0.39, 0.29) is 24.5 Å². The topological polar surface area (TPSA) is 106 Å². The smallest absolute Gasteiger partial charge is 0.407 e. The van der Waals surface area contributed by atoms with Crippen molar-refractivity contribution >= 4 is 18.1 Å². The first-order valence-corrected chi connectivity index (χ1v) is 11.9. The number of carbonyl (C=O) groups is 3. The average molecular weight is 462 g/mol. The molecule has 1 aromatic carbocycles. The van der Waals surface area contributed by atoms with Crippen LogP contribution in [0.1, 0.15) is 64.9 Å². The molecule has 2 rings (SSSR count). The van der Waals surface area contributed by atoms with E-state index < -0.39 is 11.7 Å². The molecule has 1 saturated carbocycles. The molecule has 8 heteroatoms. The molecular weight excluding hydrogens is 422 g/mol. The van der Waals surface area contributed by atoms with Crippen molar-refractivity contribution in [3.8, 4) is 0 Å². The van der Waals surface area contributed by atoms with Gasteiger partial charge >= 0.3 is 12.2 Å². The van der Waals surface area contributed by atoms with E-state index in [1.807, 2.05) is 51.1 Å². The van der Waals surface area contributed by atoms with Crippen molar-refractivity contribution in [3.05, 3.63) is 35.9 Å². The molecule has 3 amide bonds. The second-order valence-corrected chi connectivity index (χ2v) is 9.59. The predicted octanol–water partition coefficient (Wildman–Crippen LogP) is 4.14. The maximum absolute atomic E-state index is 12.4. The van der Waals surface area contributed by atoms with Crippen LogP contribution in [0.4, 0.5) is 9.59 Å². The summed E-state index contributed by atoms with van der Waals surface area (Å²) in [6, 6.07) is 9.54. The summed E-state index contributed by atoms with van der Waals surface area (Å²) in [7, 11) is 0. The molecule has 8 nitrogen and oxygen atoms in total. The van der Waals surface area contributed by atoms with Crippen LogP contribution in [-0.2, 0) is 20.9 Å². The third-order valence-electron chi connectivity index (χ3n) is 5.54. The van der Waals surface area contributed by atoms with E-state index in [0.717, 1.165) is 44.1 Å². The van der Waals surface area contributed by atoms with Crippen LogP contribution in [0.5, 0.6) is 0 Å². The summed E-state index contributed by atoms with van der Waals surface area (Å²) in [6.07, 6.45) is 4.25. The molecule has 184 valence electrons. The molecule has 1 fully saturated rings. The Bertz CT molecular complexity index is 740. The number of alkyl carbamates (subject to hydrolysis) is 2. The van der Waals surface area contributed by atoms with Crippen LogP contribution in [0.15, 0.2) is 30.3 Å². The number of hydrogen-bond donors (Lipinski definition) is 3. The molecule has 0 saturated heterocycles. The van der Waals surface area contributed by atoms with Crippen LogP contribution in [0.3, 0.4) is 0 Å². The van der Waals surface area contributed by atoms with Crippen LogP contribution >= 0.6 is 0 Å². The number of unbranched alkanes of at least 4 members (excludes halogenated alkanes) is 1. The standard InChI is InChI=1S/C25H39N3O5/c1-25(2,3)33-24(31)28-17-19-11-13-21(14-12-19)22(29)26-15-7-8-16-27-23(30)32-18-20-9-5-4-6-10-20/h4-6,9-10,19,21H,7-8,11-18H2,1-3H3,(H,26,29)(H,27,30)(H,28,31). The van der Waals surface area contributed by atoms with Crippen molar-refractivity contribution in [1.82, 2.24) is 16.0 Å². The zero-order valence-corrected chi connectivity index (χ0v) is 20.2. The second-order valence-electron chi connectivity index (χ2n) is 9.59. The van der Waals surface area contributed by atoms with Gasteiger partial charge in [-0.1, -0.05) is 30.3 Å². The minimum absolute atomic E-state index is 0.0360. The number of hydrogen-bond acceptors (Lipinski definition) is 5. The lowest BCUT2D eigenvalue weighted by Crippen LogP contribution is -2.38. The van der Waals surface area contributed by atoms with E-state index in [0.29, 0.717) is 25.6 Å². The Labute approximate surface area is 197 Å². The lowest BCUT2D eigenvalue weighted by molar-refractivity contribution is -0.126. The van der Waals surface area contributed by atoms with Crippen molar-refractivity contribution in [2.75, 3.05) is 19.6 Å². The van der Waals surface area contributed by atoms with E-state index in [1.54, 1.807) is 0 Å². The van der Waals surface area contributed by atoms with Gasteiger partial charge in [0.25, 0.3) is 0 Å². The Morgan fingerprint density at radius 1 is 0.879 bits per heavy atom. The van der Waals surface area contributed by atoms with Gasteiger partial charge in [-0.25, -0.2) is 9.59 Å². The number of carbonyl (C=O) groups excluding carboxylic acids is 3. The SMILES string of the molecule is CC(C)(C)OC(=O)NCC1CCC(C(=O)NCCCCNC(=O)OCc2ccccc2)CC1. The van der Waals surface area contributed by atoms with Gasteiger partial charge in [-0.2, -0.15) is 0 Å². The fraction of sp³-hybridized carbons (Fsp3) is 0.640. The molecule has 3 N–H and O–H groups in total. The number of ether oxygens (including phenoxy) is 2. The van der Waals surface area contributed by atoms with Gasteiger partial charge < -0.3 is 25.4 Å². The molecular formula is C25H39N3O5. The van der Waals surface area contributed by atoms with Gasteiger partial charge in [0.1, 0.15) is 12.2 Å². The molecule has 0 radical (unpaired) electrons. The van der Waals surface area contributed by atoms with E-state index in [9.17, 15) is 14.4 Å². The summed E-state index contributed by atoms with van der Waals surface area (Å²) in [5.74, 6) is 0.520. The Morgan fingerprint density at radius 3 is 2.15 bits per heavy atom. The zero-order chi connectivity index (χ0) is 24.1. The monoisotopic (exact) mass is 461 g/mol. The molecule has 33 heavy (non-hydrogen) atoms. The first kappa shape index (κ1) is 26.5. The third-order valence-corrected chi connectivity index (χ3v) is 5.54. The fourth-order valence-corrected chi connectivity index (χ4v) is 3.74. The molecule has 0 bridgehead atoms. The van der Waals surface area contributed by atoms with Crippen LogP contribution < -0.4 is 16.0 Å². The molecule has 1 aliphatic rings. The van der Waals surface area contributed by atoms with Gasteiger partial charge in [0.15, 0.2) is 0 Å². The van der Waals surface area contributed by atoms with Crippen molar-refractivity contribution in [3.63, 3.8) is 0 Å².